The Balaban J connectivity index is 2.15. The lowest BCUT2D eigenvalue weighted by atomic mass is 9.90. The maximum atomic E-state index is 13.6. The molecular weight excluding hydrogens is 247 g/mol. The maximum Gasteiger partial charge on any atom is 0.253 e. The van der Waals surface area contributed by atoms with Gasteiger partial charge in [0.15, 0.2) is 11.6 Å². The second-order valence-corrected chi connectivity index (χ2v) is 5.34. The van der Waals surface area contributed by atoms with Crippen molar-refractivity contribution in [3.05, 3.63) is 29.6 Å². The third-order valence-corrected chi connectivity index (χ3v) is 3.74. The molecule has 104 valence electrons. The normalized spacial score (nSPS) is 22.6. The summed E-state index contributed by atoms with van der Waals surface area (Å²) in [4.78, 5) is 14.0. The number of amides is 1. The van der Waals surface area contributed by atoms with Gasteiger partial charge in [0.25, 0.3) is 5.91 Å². The summed E-state index contributed by atoms with van der Waals surface area (Å²) in [5.74, 6) is -0.530. The van der Waals surface area contributed by atoms with Crippen LogP contribution in [0.5, 0.6) is 5.75 Å². The van der Waals surface area contributed by atoms with Gasteiger partial charge in [-0.3, -0.25) is 4.79 Å². The van der Waals surface area contributed by atoms with E-state index in [0.717, 1.165) is 6.42 Å². The van der Waals surface area contributed by atoms with E-state index in [0.29, 0.717) is 25.2 Å². The molecule has 1 aliphatic rings. The van der Waals surface area contributed by atoms with Gasteiger partial charge in [-0.25, -0.2) is 4.39 Å². The number of halogens is 1. The summed E-state index contributed by atoms with van der Waals surface area (Å²) in [5.41, 5.74) is 6.04. The Morgan fingerprint density at radius 3 is 2.84 bits per heavy atom. The van der Waals surface area contributed by atoms with Crippen molar-refractivity contribution in [2.45, 2.75) is 13.3 Å². The molecule has 1 aromatic carbocycles. The molecule has 1 fully saturated rings. The van der Waals surface area contributed by atoms with Gasteiger partial charge >= 0.3 is 0 Å². The first-order valence-electron chi connectivity index (χ1n) is 6.32. The second kappa shape index (κ2) is 5.17. The van der Waals surface area contributed by atoms with Crippen LogP contribution in [-0.4, -0.2) is 37.6 Å². The van der Waals surface area contributed by atoms with Crippen molar-refractivity contribution in [1.82, 2.24) is 4.90 Å². The largest absolute Gasteiger partial charge is 0.494 e. The molecule has 0 spiro atoms. The molecule has 0 saturated carbocycles. The summed E-state index contributed by atoms with van der Waals surface area (Å²) in [6.45, 7) is 3.90. The minimum atomic E-state index is -0.519. The fourth-order valence-corrected chi connectivity index (χ4v) is 2.35. The molecule has 1 aliphatic heterocycles. The van der Waals surface area contributed by atoms with Gasteiger partial charge < -0.3 is 15.4 Å². The van der Waals surface area contributed by atoms with E-state index in [4.69, 9.17) is 10.5 Å². The minimum absolute atomic E-state index is 0.0271. The van der Waals surface area contributed by atoms with Crippen LogP contribution in [0.2, 0.25) is 0 Å². The van der Waals surface area contributed by atoms with Crippen LogP contribution in [0.3, 0.4) is 0 Å². The van der Waals surface area contributed by atoms with E-state index in [1.807, 2.05) is 0 Å². The number of ether oxygens (including phenoxy) is 1. The van der Waals surface area contributed by atoms with Gasteiger partial charge in [-0.1, -0.05) is 6.92 Å². The van der Waals surface area contributed by atoms with Crippen LogP contribution in [0.4, 0.5) is 4.39 Å². The fourth-order valence-electron chi connectivity index (χ4n) is 2.35. The van der Waals surface area contributed by atoms with Crippen molar-refractivity contribution < 1.29 is 13.9 Å². The monoisotopic (exact) mass is 266 g/mol. The van der Waals surface area contributed by atoms with Gasteiger partial charge in [0.05, 0.1) is 7.11 Å². The van der Waals surface area contributed by atoms with Gasteiger partial charge in [0.1, 0.15) is 0 Å². The Kier molecular flexibility index (Phi) is 3.75. The van der Waals surface area contributed by atoms with Crippen LogP contribution in [0.15, 0.2) is 18.2 Å². The number of rotatable bonds is 3. The maximum absolute atomic E-state index is 13.6. The number of hydrogen-bond acceptors (Lipinski definition) is 3. The molecule has 4 nitrogen and oxygen atoms in total. The van der Waals surface area contributed by atoms with Crippen molar-refractivity contribution in [2.75, 3.05) is 26.7 Å². The van der Waals surface area contributed by atoms with E-state index in [2.05, 4.69) is 6.92 Å². The zero-order valence-electron chi connectivity index (χ0n) is 11.3. The van der Waals surface area contributed by atoms with Gasteiger partial charge in [0.2, 0.25) is 0 Å². The number of nitrogens with two attached hydrogens (primary N) is 1. The lowest BCUT2D eigenvalue weighted by Gasteiger charge is -2.22. The van der Waals surface area contributed by atoms with E-state index in [1.54, 1.807) is 11.0 Å². The van der Waals surface area contributed by atoms with E-state index >= 15 is 0 Å². The minimum Gasteiger partial charge on any atom is -0.494 e. The van der Waals surface area contributed by atoms with Crippen molar-refractivity contribution in [3.8, 4) is 5.75 Å². The first-order valence-corrected chi connectivity index (χ1v) is 6.32. The zero-order chi connectivity index (χ0) is 14.0. The quantitative estimate of drug-likeness (QED) is 0.905. The lowest BCUT2D eigenvalue weighted by molar-refractivity contribution is 0.0776. The predicted octanol–water partition coefficient (Wildman–Crippen LogP) is 1.65. The summed E-state index contributed by atoms with van der Waals surface area (Å²) in [6, 6.07) is 4.28. The summed E-state index contributed by atoms with van der Waals surface area (Å²) in [5, 5.41) is 0. The molecule has 0 aromatic heterocycles. The molecule has 0 bridgehead atoms. The Hall–Kier alpha value is -1.62. The smallest absolute Gasteiger partial charge is 0.253 e. The number of methoxy groups -OCH3 is 1. The molecule has 19 heavy (non-hydrogen) atoms. The predicted molar refractivity (Wildman–Crippen MR) is 70.6 cm³/mol. The zero-order valence-corrected chi connectivity index (χ0v) is 11.3. The SMILES string of the molecule is COc1ccc(C(=O)N2CCC(C)(CN)C2)cc1F. The summed E-state index contributed by atoms with van der Waals surface area (Å²) in [7, 11) is 1.40. The summed E-state index contributed by atoms with van der Waals surface area (Å²) >= 11 is 0. The Bertz CT molecular complexity index is 492. The van der Waals surface area contributed by atoms with Gasteiger partial charge in [-0.05, 0) is 36.6 Å². The third kappa shape index (κ3) is 2.71. The van der Waals surface area contributed by atoms with Crippen LogP contribution < -0.4 is 10.5 Å². The van der Waals surface area contributed by atoms with E-state index in [1.165, 1.54) is 19.2 Å². The molecule has 1 saturated heterocycles. The first kappa shape index (κ1) is 13.8. The van der Waals surface area contributed by atoms with Crippen LogP contribution in [-0.2, 0) is 0 Å². The van der Waals surface area contributed by atoms with Crippen molar-refractivity contribution in [1.29, 1.82) is 0 Å². The van der Waals surface area contributed by atoms with Gasteiger partial charge in [-0.15, -0.1) is 0 Å². The van der Waals surface area contributed by atoms with Crippen molar-refractivity contribution in [2.24, 2.45) is 11.1 Å². The van der Waals surface area contributed by atoms with Crippen molar-refractivity contribution >= 4 is 5.91 Å². The molecule has 1 atom stereocenters. The van der Waals surface area contributed by atoms with E-state index in [-0.39, 0.29) is 17.1 Å². The number of carbonyl (C=O) groups excluding carboxylic acids is 1. The Morgan fingerprint density at radius 2 is 2.32 bits per heavy atom. The van der Waals surface area contributed by atoms with Gasteiger partial charge in [-0.2, -0.15) is 0 Å². The second-order valence-electron chi connectivity index (χ2n) is 5.34. The van der Waals surface area contributed by atoms with Crippen molar-refractivity contribution in [3.63, 3.8) is 0 Å². The molecule has 5 heteroatoms. The molecule has 1 heterocycles. The summed E-state index contributed by atoms with van der Waals surface area (Å²) in [6.07, 6.45) is 0.883. The highest BCUT2D eigenvalue weighted by Crippen LogP contribution is 2.30. The number of hydrogen-bond donors (Lipinski definition) is 1. The molecule has 0 aliphatic carbocycles. The topological polar surface area (TPSA) is 55.6 Å². The molecule has 2 rings (SSSR count). The molecule has 1 unspecified atom stereocenters. The highest BCUT2D eigenvalue weighted by molar-refractivity contribution is 5.94. The first-order chi connectivity index (χ1) is 8.99. The van der Waals surface area contributed by atoms with Gasteiger partial charge in [0, 0.05) is 18.7 Å². The molecule has 1 aromatic rings. The van der Waals surface area contributed by atoms with Crippen LogP contribution in [0, 0.1) is 11.2 Å². The highest BCUT2D eigenvalue weighted by atomic mass is 19.1. The third-order valence-electron chi connectivity index (χ3n) is 3.74. The van der Waals surface area contributed by atoms with Crippen LogP contribution in [0.1, 0.15) is 23.7 Å². The van der Waals surface area contributed by atoms with E-state index < -0.39 is 5.82 Å². The number of likely N-dealkylation sites (tertiary alicyclic amines) is 1. The Morgan fingerprint density at radius 1 is 1.58 bits per heavy atom. The standard InChI is InChI=1S/C14H19FN2O2/c1-14(8-16)5-6-17(9-14)13(18)10-3-4-12(19-2)11(15)7-10/h3-4,7H,5-6,8-9,16H2,1-2H3. The molecule has 2 N–H and O–H groups in total. The summed E-state index contributed by atoms with van der Waals surface area (Å²) < 4.78 is 18.4. The van der Waals surface area contributed by atoms with E-state index in [9.17, 15) is 9.18 Å². The number of nitrogens with zero attached hydrogens (tertiary/aromatic N) is 1. The van der Waals surface area contributed by atoms with Crippen LogP contribution in [0.25, 0.3) is 0 Å². The van der Waals surface area contributed by atoms with Crippen LogP contribution >= 0.6 is 0 Å². The average molecular weight is 266 g/mol. The lowest BCUT2D eigenvalue weighted by Crippen LogP contribution is -2.34. The molecular formula is C14H19FN2O2. The highest BCUT2D eigenvalue weighted by Gasteiger charge is 2.35. The average Bonchev–Trinajstić information content (AvgIpc) is 2.81. The number of benzene rings is 1. The Labute approximate surface area is 112 Å². The molecule has 0 radical (unpaired) electrons. The molecule has 1 amide bonds. The fraction of sp³-hybridized carbons (Fsp3) is 0.500. The number of carbonyl (C=O) groups is 1.